The van der Waals surface area contributed by atoms with E-state index in [1.54, 1.807) is 31.7 Å². The van der Waals surface area contributed by atoms with Crippen molar-refractivity contribution in [1.82, 2.24) is 45.8 Å². The number of imidazole rings is 1. The molecule has 3 N–H and O–H groups in total. The number of aromatic nitrogens is 9. The van der Waals surface area contributed by atoms with E-state index in [0.29, 0.717) is 5.82 Å². The van der Waals surface area contributed by atoms with Crippen molar-refractivity contribution in [3.63, 3.8) is 0 Å². The number of nitrogens with one attached hydrogen (secondary N) is 3. The van der Waals surface area contributed by atoms with E-state index < -0.39 is 0 Å². The molecule has 0 amide bonds. The molecular formula is C17H27N13. The van der Waals surface area contributed by atoms with Crippen LogP contribution >= 0.6 is 0 Å². The molecule has 0 fully saturated rings. The molecule has 2 aliphatic heterocycles. The molecule has 3 aromatic rings. The second kappa shape index (κ2) is 15.1. The first kappa shape index (κ1) is 24.1. The average molecular weight is 413 g/mol. The lowest BCUT2D eigenvalue weighted by atomic mass is 10.7. The zero-order chi connectivity index (χ0) is 22.0. The van der Waals surface area contributed by atoms with Gasteiger partial charge in [0.25, 0.3) is 0 Å². The van der Waals surface area contributed by atoms with E-state index in [1.165, 1.54) is 6.33 Å². The number of amidine groups is 2. The highest BCUT2D eigenvalue weighted by Crippen LogP contribution is 1.84. The molecule has 30 heavy (non-hydrogen) atoms. The predicted octanol–water partition coefficient (Wildman–Crippen LogP) is 1.32. The van der Waals surface area contributed by atoms with Crippen molar-refractivity contribution in [2.75, 3.05) is 13.1 Å². The maximum absolute atomic E-state index is 3.93. The van der Waals surface area contributed by atoms with Gasteiger partial charge in [0.15, 0.2) is 5.82 Å². The number of aromatic amines is 3. The molecule has 13 heteroatoms. The highest BCUT2D eigenvalue weighted by molar-refractivity contribution is 5.93. The third-order valence-corrected chi connectivity index (χ3v) is 2.98. The molecule has 160 valence electrons. The first-order valence-electron chi connectivity index (χ1n) is 9.02. The number of H-pyrrole nitrogens is 3. The van der Waals surface area contributed by atoms with Crippen LogP contribution in [0, 0.1) is 20.8 Å². The summed E-state index contributed by atoms with van der Waals surface area (Å²) in [5, 5.41) is 18.9. The van der Waals surface area contributed by atoms with Gasteiger partial charge in [-0.25, -0.2) is 20.0 Å². The van der Waals surface area contributed by atoms with Gasteiger partial charge in [0.05, 0.1) is 13.1 Å². The van der Waals surface area contributed by atoms with Gasteiger partial charge >= 0.3 is 0 Å². The maximum Gasteiger partial charge on any atom is 0.171 e. The lowest BCUT2D eigenvalue weighted by Gasteiger charge is -1.71. The molecule has 0 bridgehead atoms. The second-order valence-electron chi connectivity index (χ2n) is 5.60. The summed E-state index contributed by atoms with van der Waals surface area (Å²) in [5.41, 5.74) is 0. The van der Waals surface area contributed by atoms with Crippen LogP contribution in [-0.2, 0) is 0 Å². The summed E-state index contributed by atoms with van der Waals surface area (Å²) >= 11 is 0. The summed E-state index contributed by atoms with van der Waals surface area (Å²) in [7, 11) is 0. The van der Waals surface area contributed by atoms with Crippen molar-refractivity contribution in [2.24, 2.45) is 20.0 Å². The molecule has 2 aliphatic rings. The lowest BCUT2D eigenvalue weighted by molar-refractivity contribution is 0.881. The third-order valence-electron chi connectivity index (χ3n) is 2.98. The van der Waals surface area contributed by atoms with Crippen LogP contribution in [0.3, 0.4) is 0 Å². The van der Waals surface area contributed by atoms with Crippen molar-refractivity contribution in [3.8, 4) is 0 Å². The zero-order valence-electron chi connectivity index (χ0n) is 17.8. The quantitative estimate of drug-likeness (QED) is 0.501. The van der Waals surface area contributed by atoms with Crippen LogP contribution in [0.1, 0.15) is 31.3 Å². The molecule has 5 rings (SSSR count). The molecule has 0 saturated heterocycles. The number of aliphatic imine (C=N–C) groups is 4. The van der Waals surface area contributed by atoms with Crippen LogP contribution in [0.5, 0.6) is 0 Å². The van der Waals surface area contributed by atoms with Crippen LogP contribution < -0.4 is 0 Å². The summed E-state index contributed by atoms with van der Waals surface area (Å²) in [4.78, 5) is 26.1. The van der Waals surface area contributed by atoms with Crippen molar-refractivity contribution in [3.05, 3.63) is 36.2 Å². The summed E-state index contributed by atoms with van der Waals surface area (Å²) < 4.78 is 0. The molecule has 13 nitrogen and oxygen atoms in total. The molecule has 0 spiro atoms. The van der Waals surface area contributed by atoms with Crippen LogP contribution in [-0.4, -0.2) is 83.0 Å². The second-order valence-corrected chi connectivity index (χ2v) is 5.60. The molecule has 0 atom stereocenters. The summed E-state index contributed by atoms with van der Waals surface area (Å²) in [6, 6.07) is 0. The van der Waals surface area contributed by atoms with Crippen LogP contribution in [0.4, 0.5) is 0 Å². The van der Waals surface area contributed by atoms with E-state index in [9.17, 15) is 0 Å². The number of nitrogens with zero attached hydrogens (tertiary/aromatic N) is 10. The average Bonchev–Trinajstić information content (AvgIpc) is 3.50. The Kier molecular flexibility index (Phi) is 12.1. The summed E-state index contributed by atoms with van der Waals surface area (Å²) in [6.07, 6.45) is 8.62. The van der Waals surface area contributed by atoms with Crippen LogP contribution in [0.25, 0.3) is 0 Å². The van der Waals surface area contributed by atoms with Crippen LogP contribution in [0.15, 0.2) is 38.7 Å². The van der Waals surface area contributed by atoms with Crippen LogP contribution in [0.2, 0.25) is 0 Å². The summed E-state index contributed by atoms with van der Waals surface area (Å²) in [6.45, 7) is 10.9. The van der Waals surface area contributed by atoms with Gasteiger partial charge < -0.3 is 4.98 Å². The fourth-order valence-corrected chi connectivity index (χ4v) is 1.60. The van der Waals surface area contributed by atoms with E-state index in [1.807, 2.05) is 27.7 Å². The third kappa shape index (κ3) is 13.3. The van der Waals surface area contributed by atoms with Gasteiger partial charge in [0.1, 0.15) is 29.6 Å². The Hall–Kier alpha value is -3.90. The summed E-state index contributed by atoms with van der Waals surface area (Å²) in [5.74, 6) is 4.30. The van der Waals surface area contributed by atoms with Gasteiger partial charge in [0.2, 0.25) is 0 Å². The van der Waals surface area contributed by atoms with Gasteiger partial charge in [0, 0.05) is 24.8 Å². The molecule has 0 aliphatic carbocycles. The van der Waals surface area contributed by atoms with E-state index in [-0.39, 0.29) is 0 Å². The van der Waals surface area contributed by atoms with Gasteiger partial charge in [-0.3, -0.25) is 15.1 Å². The fourth-order valence-electron chi connectivity index (χ4n) is 1.60. The minimum Gasteiger partial charge on any atom is -0.349 e. The van der Waals surface area contributed by atoms with Crippen molar-refractivity contribution < 1.29 is 0 Å². The molecule has 0 unspecified atom stereocenters. The first-order chi connectivity index (χ1) is 14.5. The Morgan fingerprint density at radius 1 is 0.833 bits per heavy atom. The normalized spacial score (nSPS) is 12.7. The largest absolute Gasteiger partial charge is 0.349 e. The fraction of sp³-hybridized carbons (Fsp3) is 0.412. The van der Waals surface area contributed by atoms with Crippen molar-refractivity contribution >= 4 is 24.1 Å². The zero-order valence-corrected chi connectivity index (χ0v) is 17.8. The molecule has 3 aromatic heterocycles. The molecular weight excluding hydrogens is 386 g/mol. The van der Waals surface area contributed by atoms with Crippen molar-refractivity contribution in [2.45, 2.75) is 34.6 Å². The van der Waals surface area contributed by atoms with Gasteiger partial charge in [-0.15, -0.1) is 10.2 Å². The standard InChI is InChI=1S/3C4H6N2.C3H5N3.C2H4N4/c3*1-4-5-2-3-6-4;1-3-4-2-5-6-3;1-2-3-5-6-4-2/h2*2H,3H2,1H3;2-3H,1H3,(H,5,6);2H,1H3,(H,4,5,6);1H3,(H,3,4,5,6). The number of tetrazole rings is 1. The molecule has 0 saturated carbocycles. The Labute approximate surface area is 174 Å². The van der Waals surface area contributed by atoms with Gasteiger partial charge in [-0.2, -0.15) is 10.3 Å². The monoisotopic (exact) mass is 413 g/mol. The first-order valence-corrected chi connectivity index (χ1v) is 9.02. The van der Waals surface area contributed by atoms with E-state index in [4.69, 9.17) is 0 Å². The van der Waals surface area contributed by atoms with Gasteiger partial charge in [-0.1, -0.05) is 5.21 Å². The minimum atomic E-state index is 0.676. The number of hydrogen-bond donors (Lipinski definition) is 3. The predicted molar refractivity (Wildman–Crippen MR) is 116 cm³/mol. The van der Waals surface area contributed by atoms with Crippen molar-refractivity contribution in [1.29, 1.82) is 0 Å². The number of hydrogen-bond acceptors (Lipinski definition) is 10. The Balaban J connectivity index is 0.000000187. The molecule has 5 heterocycles. The highest BCUT2D eigenvalue weighted by atomic mass is 15.5. The maximum atomic E-state index is 3.93. The Bertz CT molecular complexity index is 778. The highest BCUT2D eigenvalue weighted by Gasteiger charge is 1.87. The van der Waals surface area contributed by atoms with Gasteiger partial charge in [-0.05, 0) is 34.6 Å². The van der Waals surface area contributed by atoms with E-state index >= 15 is 0 Å². The smallest absolute Gasteiger partial charge is 0.171 e. The topological polar surface area (TPSA) is 174 Å². The Morgan fingerprint density at radius 2 is 1.50 bits per heavy atom. The minimum absolute atomic E-state index is 0.676. The van der Waals surface area contributed by atoms with E-state index in [0.717, 1.165) is 36.4 Å². The molecule has 0 aromatic carbocycles. The number of aryl methyl sites for hydroxylation is 3. The molecule has 0 radical (unpaired) electrons. The lowest BCUT2D eigenvalue weighted by Crippen LogP contribution is -1.73. The number of rotatable bonds is 0. The Morgan fingerprint density at radius 3 is 1.63 bits per heavy atom. The van der Waals surface area contributed by atoms with E-state index in [2.05, 4.69) is 65.7 Å². The SMILES string of the molecule is CC1=NCC=N1.CC1=NCC=N1.Cc1ncc[nH]1.Cc1ncn[nH]1.Cc1nn[nH]n1.